The molecule has 1 rings (SSSR count). The third-order valence-corrected chi connectivity index (χ3v) is 0.826. The number of nitrogens with one attached hydrogen (secondary N) is 1. The highest BCUT2D eigenvalue weighted by molar-refractivity contribution is 5.06. The number of rotatable bonds is 0. The molecule has 0 saturated carbocycles. The molecule has 0 saturated heterocycles. The number of halogens is 3. The third kappa shape index (κ3) is 3.06. The summed E-state index contributed by atoms with van der Waals surface area (Å²) in [4.78, 5) is 0. The van der Waals surface area contributed by atoms with E-state index < -0.39 is 11.7 Å². The van der Waals surface area contributed by atoms with Crippen LogP contribution < -0.4 is 0 Å². The zero-order valence-corrected chi connectivity index (χ0v) is 6.24. The lowest BCUT2D eigenvalue weighted by atomic mass is 10.4. The van der Waals surface area contributed by atoms with Crippen molar-refractivity contribution < 1.29 is 13.2 Å². The van der Waals surface area contributed by atoms with Crippen LogP contribution in [0.1, 0.15) is 19.4 Å². The largest absolute Gasteiger partial charge is 0.419 e. The van der Waals surface area contributed by atoms with Gasteiger partial charge in [0.1, 0.15) is 0 Å². The lowest BCUT2D eigenvalue weighted by Crippen LogP contribution is -2.01. The van der Waals surface area contributed by atoms with E-state index in [1.54, 1.807) is 0 Å². The summed E-state index contributed by atoms with van der Waals surface area (Å²) in [6, 6.07) is 0. The molecule has 1 heterocycles. The molecule has 0 spiro atoms. The second-order valence-corrected chi connectivity index (χ2v) is 1.48. The molecule has 1 aromatic rings. The Hall–Kier alpha value is -1.00. The molecule has 0 aliphatic rings. The van der Waals surface area contributed by atoms with E-state index in [1.807, 2.05) is 13.8 Å². The molecule has 0 atom stereocenters. The maximum Gasteiger partial charge on any atom is 0.419 e. The van der Waals surface area contributed by atoms with Crippen molar-refractivity contribution in [3.8, 4) is 0 Å². The summed E-state index contributed by atoms with van der Waals surface area (Å²) in [6.45, 7) is 4.00. The lowest BCUT2D eigenvalue weighted by Gasteiger charge is -1.98. The van der Waals surface area contributed by atoms with Gasteiger partial charge in [-0.3, -0.25) is 5.10 Å². The van der Waals surface area contributed by atoms with Gasteiger partial charge in [-0.05, 0) is 0 Å². The van der Waals surface area contributed by atoms with E-state index in [4.69, 9.17) is 0 Å². The number of hydrogen-bond acceptors (Lipinski definition) is 1. The SMILES string of the molecule is CC.FC(F)(F)c1cn[nH]c1. The predicted octanol–water partition coefficient (Wildman–Crippen LogP) is 2.45. The average molecular weight is 166 g/mol. The van der Waals surface area contributed by atoms with Crippen molar-refractivity contribution in [2.75, 3.05) is 0 Å². The van der Waals surface area contributed by atoms with Gasteiger partial charge in [-0.2, -0.15) is 18.3 Å². The number of H-pyrrole nitrogens is 1. The van der Waals surface area contributed by atoms with Gasteiger partial charge < -0.3 is 0 Å². The van der Waals surface area contributed by atoms with E-state index in [9.17, 15) is 13.2 Å². The molecule has 1 N–H and O–H groups in total. The summed E-state index contributed by atoms with van der Waals surface area (Å²) < 4.78 is 34.7. The van der Waals surface area contributed by atoms with Gasteiger partial charge in [0.05, 0.1) is 11.8 Å². The van der Waals surface area contributed by atoms with Gasteiger partial charge >= 0.3 is 6.18 Å². The second-order valence-electron chi connectivity index (χ2n) is 1.48. The Labute approximate surface area is 62.4 Å². The summed E-state index contributed by atoms with van der Waals surface area (Å²) in [5.74, 6) is 0. The Morgan fingerprint density at radius 3 is 2.09 bits per heavy atom. The topological polar surface area (TPSA) is 28.7 Å². The molecule has 64 valence electrons. The van der Waals surface area contributed by atoms with Crippen LogP contribution in [0, 0.1) is 0 Å². The Kier molecular flexibility index (Phi) is 3.64. The first-order valence-electron chi connectivity index (χ1n) is 3.16. The first-order valence-corrected chi connectivity index (χ1v) is 3.16. The van der Waals surface area contributed by atoms with Gasteiger partial charge in [-0.15, -0.1) is 0 Å². The molecule has 0 fully saturated rings. The van der Waals surface area contributed by atoms with Crippen molar-refractivity contribution in [1.82, 2.24) is 10.2 Å². The van der Waals surface area contributed by atoms with E-state index in [0.717, 1.165) is 12.4 Å². The second kappa shape index (κ2) is 4.00. The van der Waals surface area contributed by atoms with Gasteiger partial charge in [0.25, 0.3) is 0 Å². The van der Waals surface area contributed by atoms with Crippen LogP contribution >= 0.6 is 0 Å². The van der Waals surface area contributed by atoms with Crippen LogP contribution in [0.25, 0.3) is 0 Å². The van der Waals surface area contributed by atoms with Crippen LogP contribution in [0.3, 0.4) is 0 Å². The average Bonchev–Trinajstić information content (AvgIpc) is 2.40. The molecule has 0 amide bonds. The van der Waals surface area contributed by atoms with Crippen LogP contribution in [0.2, 0.25) is 0 Å². The number of alkyl halides is 3. The van der Waals surface area contributed by atoms with E-state index in [1.165, 1.54) is 0 Å². The molecule has 0 bridgehead atoms. The fourth-order valence-electron chi connectivity index (χ4n) is 0.406. The van der Waals surface area contributed by atoms with Gasteiger partial charge in [0, 0.05) is 6.20 Å². The predicted molar refractivity (Wildman–Crippen MR) is 34.9 cm³/mol. The highest BCUT2D eigenvalue weighted by Crippen LogP contribution is 2.27. The lowest BCUT2D eigenvalue weighted by molar-refractivity contribution is -0.137. The number of nitrogens with zero attached hydrogens (tertiary/aromatic N) is 1. The van der Waals surface area contributed by atoms with Gasteiger partial charge in [0.2, 0.25) is 0 Å². The van der Waals surface area contributed by atoms with Crippen LogP contribution in [-0.2, 0) is 6.18 Å². The molecular weight excluding hydrogens is 157 g/mol. The monoisotopic (exact) mass is 166 g/mol. The Bertz CT molecular complexity index is 178. The van der Waals surface area contributed by atoms with Crippen molar-refractivity contribution in [3.63, 3.8) is 0 Å². The van der Waals surface area contributed by atoms with Crippen LogP contribution in [0.4, 0.5) is 13.2 Å². The summed E-state index contributed by atoms with van der Waals surface area (Å²) in [6.07, 6.45) is -2.73. The molecule has 1 aromatic heterocycles. The molecular formula is C6H9F3N2. The molecule has 0 unspecified atom stereocenters. The summed E-state index contributed by atoms with van der Waals surface area (Å²) in [5, 5.41) is 5.21. The maximum absolute atomic E-state index is 11.6. The van der Waals surface area contributed by atoms with E-state index in [-0.39, 0.29) is 0 Å². The highest BCUT2D eigenvalue weighted by atomic mass is 19.4. The number of aromatic amines is 1. The first-order chi connectivity index (χ1) is 5.11. The molecule has 0 aliphatic heterocycles. The smallest absolute Gasteiger partial charge is 0.285 e. The Morgan fingerprint density at radius 1 is 1.36 bits per heavy atom. The van der Waals surface area contributed by atoms with Crippen molar-refractivity contribution in [1.29, 1.82) is 0 Å². The van der Waals surface area contributed by atoms with Gasteiger partial charge in [-0.1, -0.05) is 13.8 Å². The fraction of sp³-hybridized carbons (Fsp3) is 0.500. The molecule has 11 heavy (non-hydrogen) atoms. The highest BCUT2D eigenvalue weighted by Gasteiger charge is 2.31. The molecule has 0 radical (unpaired) electrons. The Morgan fingerprint density at radius 2 is 1.91 bits per heavy atom. The minimum Gasteiger partial charge on any atom is -0.285 e. The van der Waals surface area contributed by atoms with Crippen molar-refractivity contribution >= 4 is 0 Å². The molecule has 0 aliphatic carbocycles. The summed E-state index contributed by atoms with van der Waals surface area (Å²) >= 11 is 0. The van der Waals surface area contributed by atoms with Crippen molar-refractivity contribution in [3.05, 3.63) is 18.0 Å². The van der Waals surface area contributed by atoms with E-state index in [2.05, 4.69) is 10.2 Å². The summed E-state index contributed by atoms with van der Waals surface area (Å²) in [7, 11) is 0. The van der Waals surface area contributed by atoms with Crippen LogP contribution in [-0.4, -0.2) is 10.2 Å². The quantitative estimate of drug-likeness (QED) is 0.630. The van der Waals surface area contributed by atoms with E-state index >= 15 is 0 Å². The standard InChI is InChI=1S/C4H3F3N2.C2H6/c5-4(6,7)3-1-8-9-2-3;1-2/h1-2H,(H,8,9);1-2H3. The number of aromatic nitrogens is 2. The van der Waals surface area contributed by atoms with Crippen molar-refractivity contribution in [2.24, 2.45) is 0 Å². The van der Waals surface area contributed by atoms with Crippen molar-refractivity contribution in [2.45, 2.75) is 20.0 Å². The van der Waals surface area contributed by atoms with Gasteiger partial charge in [-0.25, -0.2) is 0 Å². The first kappa shape index (κ1) is 10.0. The summed E-state index contributed by atoms with van der Waals surface area (Å²) in [5.41, 5.74) is -0.748. The molecule has 2 nitrogen and oxygen atoms in total. The van der Waals surface area contributed by atoms with Gasteiger partial charge in [0.15, 0.2) is 0 Å². The normalized spacial score (nSPS) is 10.3. The third-order valence-electron chi connectivity index (χ3n) is 0.826. The fourth-order valence-corrected chi connectivity index (χ4v) is 0.406. The molecule has 5 heteroatoms. The van der Waals surface area contributed by atoms with Crippen LogP contribution in [0.15, 0.2) is 12.4 Å². The maximum atomic E-state index is 11.6. The van der Waals surface area contributed by atoms with E-state index in [0.29, 0.717) is 0 Å². The minimum absolute atomic E-state index is 0.736. The zero-order chi connectivity index (χ0) is 8.91. The zero-order valence-electron chi connectivity index (χ0n) is 6.24. The Balaban J connectivity index is 0.000000461. The van der Waals surface area contributed by atoms with Crippen LogP contribution in [0.5, 0.6) is 0 Å². The molecule has 0 aromatic carbocycles. The number of hydrogen-bond donors (Lipinski definition) is 1. The minimum atomic E-state index is -4.27.